The number of aromatic nitrogens is 1. The first-order valence-electron chi connectivity index (χ1n) is 10.7. The highest BCUT2D eigenvalue weighted by Gasteiger charge is 2.36. The minimum absolute atomic E-state index is 0.0856. The van der Waals surface area contributed by atoms with E-state index in [1.54, 1.807) is 4.57 Å². The molecule has 4 rings (SSSR count). The Hall–Kier alpha value is -2.14. The quantitative estimate of drug-likeness (QED) is 0.862. The SMILES string of the molecule is CCCCn1c(=O)cc(C(=O)NC2CC3CCCC(C2)N3C)c2ccccc21. The standard InChI is InChI=1S/C23H31N3O2/c1-3-4-12-26-21-11-6-5-10-19(21)20(15-22(26)27)23(28)24-16-13-17-8-7-9-18(14-16)25(17)2/h5-6,10-11,15-18H,3-4,7-9,12-14H2,1-2H3,(H,24,28). The molecule has 2 unspecified atom stereocenters. The zero-order valence-corrected chi connectivity index (χ0v) is 17.0. The second-order valence-electron chi connectivity index (χ2n) is 8.46. The lowest BCUT2D eigenvalue weighted by molar-refractivity contribution is 0.0463. The number of hydrogen-bond donors (Lipinski definition) is 1. The number of nitrogens with one attached hydrogen (secondary N) is 1. The predicted molar refractivity (Wildman–Crippen MR) is 113 cm³/mol. The molecule has 5 nitrogen and oxygen atoms in total. The Labute approximate surface area is 166 Å². The van der Waals surface area contributed by atoms with Crippen molar-refractivity contribution in [2.75, 3.05) is 7.05 Å². The molecule has 0 saturated carbocycles. The first kappa shape index (κ1) is 19.2. The summed E-state index contributed by atoms with van der Waals surface area (Å²) in [6.07, 6.45) is 7.72. The number of fused-ring (bicyclic) bond motifs is 3. The molecule has 2 atom stereocenters. The molecule has 1 N–H and O–H groups in total. The molecule has 28 heavy (non-hydrogen) atoms. The molecule has 2 bridgehead atoms. The normalized spacial score (nSPS) is 25.0. The van der Waals surface area contributed by atoms with Crippen LogP contribution in [0.25, 0.3) is 10.9 Å². The van der Waals surface area contributed by atoms with Crippen LogP contribution < -0.4 is 10.9 Å². The highest BCUT2D eigenvalue weighted by molar-refractivity contribution is 6.06. The summed E-state index contributed by atoms with van der Waals surface area (Å²) in [4.78, 5) is 28.4. The second-order valence-corrected chi connectivity index (χ2v) is 8.46. The Morgan fingerprint density at radius 3 is 2.61 bits per heavy atom. The number of carbonyl (C=O) groups is 1. The van der Waals surface area contributed by atoms with Crippen molar-refractivity contribution in [1.29, 1.82) is 0 Å². The van der Waals surface area contributed by atoms with E-state index < -0.39 is 0 Å². The summed E-state index contributed by atoms with van der Waals surface area (Å²) in [5, 5.41) is 4.12. The summed E-state index contributed by atoms with van der Waals surface area (Å²) in [5.41, 5.74) is 1.28. The molecule has 2 saturated heterocycles. The third-order valence-corrected chi connectivity index (χ3v) is 6.67. The molecular formula is C23H31N3O2. The van der Waals surface area contributed by atoms with Crippen molar-refractivity contribution in [2.24, 2.45) is 0 Å². The molecule has 2 aromatic rings. The Kier molecular flexibility index (Phi) is 5.54. The van der Waals surface area contributed by atoms with Gasteiger partial charge in [-0.25, -0.2) is 0 Å². The van der Waals surface area contributed by atoms with E-state index in [0.29, 0.717) is 24.2 Å². The number of pyridine rings is 1. The van der Waals surface area contributed by atoms with E-state index in [2.05, 4.69) is 24.2 Å². The van der Waals surface area contributed by atoms with Gasteiger partial charge in [-0.2, -0.15) is 0 Å². The maximum atomic E-state index is 13.1. The van der Waals surface area contributed by atoms with Crippen LogP contribution in [0, 0.1) is 0 Å². The van der Waals surface area contributed by atoms with E-state index in [0.717, 1.165) is 36.6 Å². The fourth-order valence-corrected chi connectivity index (χ4v) is 5.07. The van der Waals surface area contributed by atoms with Gasteiger partial charge in [-0.15, -0.1) is 0 Å². The van der Waals surface area contributed by atoms with Gasteiger partial charge in [0.25, 0.3) is 11.5 Å². The van der Waals surface area contributed by atoms with Crippen LogP contribution in [0.4, 0.5) is 0 Å². The van der Waals surface area contributed by atoms with Crippen molar-refractivity contribution in [1.82, 2.24) is 14.8 Å². The highest BCUT2D eigenvalue weighted by Crippen LogP contribution is 2.32. The fraction of sp³-hybridized carbons (Fsp3) is 0.565. The van der Waals surface area contributed by atoms with Gasteiger partial charge in [0.1, 0.15) is 0 Å². The van der Waals surface area contributed by atoms with E-state index >= 15 is 0 Å². The summed E-state index contributed by atoms with van der Waals surface area (Å²) in [7, 11) is 2.22. The lowest BCUT2D eigenvalue weighted by Crippen LogP contribution is -2.55. The van der Waals surface area contributed by atoms with Crippen LogP contribution in [-0.2, 0) is 6.54 Å². The van der Waals surface area contributed by atoms with Crippen molar-refractivity contribution in [3.63, 3.8) is 0 Å². The molecule has 0 aliphatic carbocycles. The fourth-order valence-electron chi connectivity index (χ4n) is 5.07. The molecule has 1 amide bonds. The van der Waals surface area contributed by atoms with Crippen LogP contribution in [0.3, 0.4) is 0 Å². The van der Waals surface area contributed by atoms with Gasteiger partial charge in [0.05, 0.1) is 11.1 Å². The molecule has 5 heteroatoms. The monoisotopic (exact) mass is 381 g/mol. The first-order chi connectivity index (χ1) is 13.6. The predicted octanol–water partition coefficient (Wildman–Crippen LogP) is 3.55. The summed E-state index contributed by atoms with van der Waals surface area (Å²) in [6, 6.07) is 10.6. The van der Waals surface area contributed by atoms with Crippen LogP contribution in [0.1, 0.15) is 62.2 Å². The van der Waals surface area contributed by atoms with Crippen LogP contribution in [-0.4, -0.2) is 40.5 Å². The van der Waals surface area contributed by atoms with Crippen molar-refractivity contribution >= 4 is 16.8 Å². The number of para-hydroxylation sites is 1. The maximum Gasteiger partial charge on any atom is 0.252 e. The van der Waals surface area contributed by atoms with Crippen LogP contribution >= 0.6 is 0 Å². The minimum Gasteiger partial charge on any atom is -0.349 e. The van der Waals surface area contributed by atoms with Crippen LogP contribution in [0.15, 0.2) is 35.1 Å². The second kappa shape index (κ2) is 8.08. The molecular weight excluding hydrogens is 350 g/mol. The molecule has 2 fully saturated rings. The zero-order chi connectivity index (χ0) is 19.7. The van der Waals surface area contributed by atoms with Gasteiger partial charge in [0.15, 0.2) is 0 Å². The van der Waals surface area contributed by atoms with E-state index in [9.17, 15) is 9.59 Å². The van der Waals surface area contributed by atoms with Crippen molar-refractivity contribution in [3.05, 3.63) is 46.2 Å². The van der Waals surface area contributed by atoms with Gasteiger partial charge in [0, 0.05) is 36.1 Å². The third-order valence-electron chi connectivity index (χ3n) is 6.67. The molecule has 0 radical (unpaired) electrons. The molecule has 150 valence electrons. The number of aryl methyl sites for hydroxylation is 1. The van der Waals surface area contributed by atoms with E-state index in [-0.39, 0.29) is 17.5 Å². The number of rotatable bonds is 5. The maximum absolute atomic E-state index is 13.1. The van der Waals surface area contributed by atoms with Crippen LogP contribution in [0.2, 0.25) is 0 Å². The molecule has 2 aliphatic rings. The van der Waals surface area contributed by atoms with Gasteiger partial charge in [0.2, 0.25) is 0 Å². The van der Waals surface area contributed by atoms with Gasteiger partial charge >= 0.3 is 0 Å². The van der Waals surface area contributed by atoms with Crippen molar-refractivity contribution in [2.45, 2.75) is 76.5 Å². The Morgan fingerprint density at radius 2 is 1.89 bits per heavy atom. The lowest BCUT2D eigenvalue weighted by Gasteiger charge is -2.47. The molecule has 1 aromatic carbocycles. The number of benzene rings is 1. The average Bonchev–Trinajstić information content (AvgIpc) is 2.67. The van der Waals surface area contributed by atoms with E-state index in [1.165, 1.54) is 25.3 Å². The Balaban J connectivity index is 1.60. The zero-order valence-electron chi connectivity index (χ0n) is 17.0. The van der Waals surface area contributed by atoms with Crippen molar-refractivity contribution < 1.29 is 4.79 Å². The van der Waals surface area contributed by atoms with Gasteiger partial charge in [-0.05, 0) is 45.2 Å². The summed E-state index contributed by atoms with van der Waals surface area (Å²) >= 11 is 0. The summed E-state index contributed by atoms with van der Waals surface area (Å²) in [6.45, 7) is 2.81. The highest BCUT2D eigenvalue weighted by atomic mass is 16.2. The molecule has 2 aliphatic heterocycles. The van der Waals surface area contributed by atoms with Gasteiger partial charge < -0.3 is 14.8 Å². The first-order valence-corrected chi connectivity index (χ1v) is 10.7. The Bertz CT molecular complexity index is 906. The molecule has 1 aromatic heterocycles. The Morgan fingerprint density at radius 1 is 1.18 bits per heavy atom. The van der Waals surface area contributed by atoms with Crippen LogP contribution in [0.5, 0.6) is 0 Å². The molecule has 3 heterocycles. The van der Waals surface area contributed by atoms with Crippen molar-refractivity contribution in [3.8, 4) is 0 Å². The number of nitrogens with zero attached hydrogens (tertiary/aromatic N) is 2. The summed E-state index contributed by atoms with van der Waals surface area (Å²) < 4.78 is 1.80. The summed E-state index contributed by atoms with van der Waals surface area (Å²) in [5.74, 6) is -0.108. The molecule has 0 spiro atoms. The number of unbranched alkanes of at least 4 members (excludes halogenated alkanes) is 1. The number of carbonyl (C=O) groups excluding carboxylic acids is 1. The number of piperidine rings is 2. The average molecular weight is 382 g/mol. The largest absolute Gasteiger partial charge is 0.349 e. The van der Waals surface area contributed by atoms with Gasteiger partial charge in [-0.3, -0.25) is 9.59 Å². The van der Waals surface area contributed by atoms with E-state index in [1.807, 2.05) is 24.3 Å². The third kappa shape index (κ3) is 3.60. The number of hydrogen-bond acceptors (Lipinski definition) is 3. The number of amides is 1. The lowest BCUT2D eigenvalue weighted by atomic mass is 9.82. The van der Waals surface area contributed by atoms with Gasteiger partial charge in [-0.1, -0.05) is 38.0 Å². The topological polar surface area (TPSA) is 54.3 Å². The van der Waals surface area contributed by atoms with E-state index in [4.69, 9.17) is 0 Å². The minimum atomic E-state index is -0.108. The smallest absolute Gasteiger partial charge is 0.252 e.